The summed E-state index contributed by atoms with van der Waals surface area (Å²) in [6.07, 6.45) is 2.89. The molecule has 128 valence electrons. The molecule has 0 unspecified atom stereocenters. The lowest BCUT2D eigenvalue weighted by Gasteiger charge is -2.25. The summed E-state index contributed by atoms with van der Waals surface area (Å²) in [7, 11) is -3.44. The zero-order valence-electron chi connectivity index (χ0n) is 12.9. The fourth-order valence-electron chi connectivity index (χ4n) is 2.59. The second kappa shape index (κ2) is 7.35. The molecule has 0 aliphatic carbocycles. The van der Waals surface area contributed by atoms with E-state index in [1.54, 1.807) is 30.3 Å². The first kappa shape index (κ1) is 17.6. The molecule has 1 saturated heterocycles. The fourth-order valence-corrected chi connectivity index (χ4v) is 5.39. The van der Waals surface area contributed by atoms with Crippen LogP contribution in [0.15, 0.2) is 45.1 Å². The summed E-state index contributed by atoms with van der Waals surface area (Å²) in [4.78, 5) is 13.0. The van der Waals surface area contributed by atoms with Gasteiger partial charge in [-0.15, -0.1) is 11.3 Å². The molecule has 1 aliphatic rings. The lowest BCUT2D eigenvalue weighted by molar-refractivity contribution is 0.103. The number of thiophene rings is 1. The highest BCUT2D eigenvalue weighted by atomic mass is 79.9. The van der Waals surface area contributed by atoms with E-state index in [1.807, 2.05) is 6.07 Å². The largest absolute Gasteiger partial charge is 0.321 e. The zero-order valence-corrected chi connectivity index (χ0v) is 16.1. The van der Waals surface area contributed by atoms with Crippen molar-refractivity contribution in [3.05, 3.63) is 45.1 Å². The Labute approximate surface area is 153 Å². The number of nitrogens with one attached hydrogen (secondary N) is 1. The van der Waals surface area contributed by atoms with Crippen LogP contribution in [0.4, 0.5) is 5.69 Å². The third-order valence-corrected chi connectivity index (χ3v) is 7.40. The van der Waals surface area contributed by atoms with Crippen LogP contribution in [0.3, 0.4) is 0 Å². The van der Waals surface area contributed by atoms with Crippen molar-refractivity contribution in [3.8, 4) is 0 Å². The predicted molar refractivity (Wildman–Crippen MR) is 99.0 cm³/mol. The number of hydrogen-bond donors (Lipinski definition) is 1. The minimum atomic E-state index is -3.44. The maximum atomic E-state index is 12.6. The lowest BCUT2D eigenvalue weighted by Crippen LogP contribution is -2.35. The Morgan fingerprint density at radius 2 is 1.71 bits per heavy atom. The molecule has 1 aliphatic heterocycles. The molecule has 3 rings (SSSR count). The van der Waals surface area contributed by atoms with Gasteiger partial charge in [-0.05, 0) is 65.2 Å². The maximum absolute atomic E-state index is 12.6. The van der Waals surface area contributed by atoms with Gasteiger partial charge in [0.05, 0.1) is 13.6 Å². The van der Waals surface area contributed by atoms with E-state index >= 15 is 0 Å². The highest BCUT2D eigenvalue weighted by Crippen LogP contribution is 2.24. The van der Waals surface area contributed by atoms with Crippen molar-refractivity contribution in [1.82, 2.24) is 4.31 Å². The maximum Gasteiger partial charge on any atom is 0.265 e. The van der Waals surface area contributed by atoms with Gasteiger partial charge in [0.25, 0.3) is 5.91 Å². The second-order valence-corrected chi connectivity index (χ2v) is 9.95. The Morgan fingerprint density at radius 3 is 2.29 bits per heavy atom. The standard InChI is InChI=1S/C16H17BrN2O3S2/c17-15-9-8-14(23-15)16(20)18-12-4-6-13(7-5-12)24(21,22)19-10-2-1-3-11-19/h4-9H,1-3,10-11H2,(H,18,20). The smallest absolute Gasteiger partial charge is 0.265 e. The SMILES string of the molecule is O=C(Nc1ccc(S(=O)(=O)N2CCCCC2)cc1)c1ccc(Br)s1. The average molecular weight is 429 g/mol. The molecule has 2 aromatic rings. The van der Waals surface area contributed by atoms with Crippen LogP contribution in [-0.4, -0.2) is 31.7 Å². The van der Waals surface area contributed by atoms with E-state index in [1.165, 1.54) is 15.6 Å². The van der Waals surface area contributed by atoms with Crippen molar-refractivity contribution in [1.29, 1.82) is 0 Å². The quantitative estimate of drug-likeness (QED) is 0.801. The van der Waals surface area contributed by atoms with Crippen molar-refractivity contribution >= 4 is 48.9 Å². The molecule has 0 bridgehead atoms. The molecular formula is C16H17BrN2O3S2. The number of carbonyl (C=O) groups excluding carboxylic acids is 1. The van der Waals surface area contributed by atoms with Crippen molar-refractivity contribution in [3.63, 3.8) is 0 Å². The van der Waals surface area contributed by atoms with Crippen LogP contribution in [0.1, 0.15) is 28.9 Å². The monoisotopic (exact) mass is 428 g/mol. The number of amides is 1. The molecule has 1 amide bonds. The number of anilines is 1. The van der Waals surface area contributed by atoms with E-state index in [0.29, 0.717) is 23.7 Å². The summed E-state index contributed by atoms with van der Waals surface area (Å²) in [6, 6.07) is 9.88. The normalized spacial score (nSPS) is 16.0. The molecule has 2 heterocycles. The van der Waals surface area contributed by atoms with Gasteiger partial charge in [-0.3, -0.25) is 4.79 Å². The van der Waals surface area contributed by atoms with Gasteiger partial charge in [-0.25, -0.2) is 8.42 Å². The summed E-state index contributed by atoms with van der Waals surface area (Å²) in [5, 5.41) is 2.77. The summed E-state index contributed by atoms with van der Waals surface area (Å²) in [6.45, 7) is 1.15. The Balaban J connectivity index is 1.72. The Hall–Kier alpha value is -1.22. The van der Waals surface area contributed by atoms with E-state index in [0.717, 1.165) is 23.0 Å². The Bertz CT molecular complexity index is 825. The van der Waals surface area contributed by atoms with Crippen LogP contribution >= 0.6 is 27.3 Å². The van der Waals surface area contributed by atoms with Gasteiger partial charge < -0.3 is 5.32 Å². The highest BCUT2D eigenvalue weighted by Gasteiger charge is 2.25. The van der Waals surface area contributed by atoms with Gasteiger partial charge >= 0.3 is 0 Å². The summed E-state index contributed by atoms with van der Waals surface area (Å²) >= 11 is 4.67. The third kappa shape index (κ3) is 3.88. The number of carbonyl (C=O) groups is 1. The van der Waals surface area contributed by atoms with Crippen molar-refractivity contribution in [2.45, 2.75) is 24.2 Å². The number of rotatable bonds is 4. The van der Waals surface area contributed by atoms with E-state index in [4.69, 9.17) is 0 Å². The molecule has 0 saturated carbocycles. The van der Waals surface area contributed by atoms with E-state index in [-0.39, 0.29) is 10.8 Å². The molecule has 1 aromatic heterocycles. The van der Waals surface area contributed by atoms with Crippen molar-refractivity contribution < 1.29 is 13.2 Å². The highest BCUT2D eigenvalue weighted by molar-refractivity contribution is 9.11. The zero-order chi connectivity index (χ0) is 17.2. The van der Waals surface area contributed by atoms with Gasteiger partial charge in [-0.2, -0.15) is 4.31 Å². The number of sulfonamides is 1. The van der Waals surface area contributed by atoms with Crippen LogP contribution in [0.25, 0.3) is 0 Å². The molecule has 0 radical (unpaired) electrons. The lowest BCUT2D eigenvalue weighted by atomic mass is 10.2. The summed E-state index contributed by atoms with van der Waals surface area (Å²) in [5.74, 6) is -0.211. The van der Waals surface area contributed by atoms with Gasteiger partial charge in [0.2, 0.25) is 10.0 Å². The van der Waals surface area contributed by atoms with Crippen LogP contribution in [0, 0.1) is 0 Å². The van der Waals surface area contributed by atoms with Crippen LogP contribution in [-0.2, 0) is 10.0 Å². The fraction of sp³-hybridized carbons (Fsp3) is 0.312. The molecule has 1 N–H and O–H groups in total. The van der Waals surface area contributed by atoms with Crippen molar-refractivity contribution in [2.75, 3.05) is 18.4 Å². The first-order chi connectivity index (χ1) is 11.5. The average Bonchev–Trinajstić information content (AvgIpc) is 3.03. The number of nitrogens with zero attached hydrogens (tertiary/aromatic N) is 1. The number of piperidine rings is 1. The number of halogens is 1. The van der Waals surface area contributed by atoms with Gasteiger partial charge in [-0.1, -0.05) is 6.42 Å². The first-order valence-electron chi connectivity index (χ1n) is 7.64. The number of hydrogen-bond acceptors (Lipinski definition) is 4. The molecule has 8 heteroatoms. The van der Waals surface area contributed by atoms with Gasteiger partial charge in [0, 0.05) is 18.8 Å². The summed E-state index contributed by atoms with van der Waals surface area (Å²) in [5.41, 5.74) is 0.571. The first-order valence-corrected chi connectivity index (χ1v) is 10.7. The Morgan fingerprint density at radius 1 is 1.04 bits per heavy atom. The molecule has 5 nitrogen and oxygen atoms in total. The molecule has 0 atom stereocenters. The van der Waals surface area contributed by atoms with E-state index < -0.39 is 10.0 Å². The third-order valence-electron chi connectivity index (χ3n) is 3.86. The van der Waals surface area contributed by atoms with Gasteiger partial charge in [0.15, 0.2) is 0 Å². The topological polar surface area (TPSA) is 66.5 Å². The van der Waals surface area contributed by atoms with Crippen LogP contribution < -0.4 is 5.32 Å². The number of benzene rings is 1. The second-order valence-electron chi connectivity index (χ2n) is 5.55. The minimum Gasteiger partial charge on any atom is -0.321 e. The van der Waals surface area contributed by atoms with E-state index in [2.05, 4.69) is 21.2 Å². The van der Waals surface area contributed by atoms with Gasteiger partial charge in [0.1, 0.15) is 0 Å². The molecular weight excluding hydrogens is 412 g/mol. The summed E-state index contributed by atoms with van der Waals surface area (Å²) < 4.78 is 27.6. The molecule has 1 fully saturated rings. The van der Waals surface area contributed by atoms with E-state index in [9.17, 15) is 13.2 Å². The van der Waals surface area contributed by atoms with Crippen molar-refractivity contribution in [2.24, 2.45) is 0 Å². The Kier molecular flexibility index (Phi) is 5.39. The molecule has 1 aromatic carbocycles. The minimum absolute atomic E-state index is 0.211. The predicted octanol–water partition coefficient (Wildman–Crippen LogP) is 3.94. The van der Waals surface area contributed by atoms with Crippen LogP contribution in [0.2, 0.25) is 0 Å². The molecule has 0 spiro atoms. The van der Waals surface area contributed by atoms with Crippen LogP contribution in [0.5, 0.6) is 0 Å². The molecule has 24 heavy (non-hydrogen) atoms.